The van der Waals surface area contributed by atoms with E-state index in [0.717, 1.165) is 43.5 Å². The Hall–Kier alpha value is -1.59. The van der Waals surface area contributed by atoms with Crippen LogP contribution in [-0.2, 0) is 4.74 Å². The summed E-state index contributed by atoms with van der Waals surface area (Å²) in [6.07, 6.45) is 5.72. The van der Waals surface area contributed by atoms with E-state index >= 15 is 0 Å². The van der Waals surface area contributed by atoms with Crippen molar-refractivity contribution in [1.29, 1.82) is 0 Å². The molecule has 5 heteroatoms. The Bertz CT molecular complexity index is 731. The van der Waals surface area contributed by atoms with E-state index in [1.807, 2.05) is 35.9 Å². The van der Waals surface area contributed by atoms with Gasteiger partial charge in [-0.1, -0.05) is 12.1 Å². The Kier molecular flexibility index (Phi) is 3.77. The topological polar surface area (TPSA) is 50.3 Å². The first-order chi connectivity index (χ1) is 11.2. The standard InChI is InChI=1S/C18H25N3O2/c1-23-18(9-4-10-18)13-20-11-7-14(8-12-20)21-16-6-3-2-5-15(16)19-17(21)22/h2-3,5-6,14H,4,7-13H2,1H3,(H,19,22). The van der Waals surface area contributed by atoms with Crippen LogP contribution in [0, 0.1) is 0 Å². The van der Waals surface area contributed by atoms with E-state index in [4.69, 9.17) is 4.74 Å². The Morgan fingerprint density at radius 1 is 1.26 bits per heavy atom. The van der Waals surface area contributed by atoms with Crippen molar-refractivity contribution in [3.05, 3.63) is 34.7 Å². The number of hydrogen-bond acceptors (Lipinski definition) is 3. The van der Waals surface area contributed by atoms with Crippen molar-refractivity contribution in [3.8, 4) is 0 Å². The van der Waals surface area contributed by atoms with Crippen LogP contribution in [0.15, 0.2) is 29.1 Å². The summed E-state index contributed by atoms with van der Waals surface area (Å²) < 4.78 is 7.71. The molecular formula is C18H25N3O2. The summed E-state index contributed by atoms with van der Waals surface area (Å²) in [7, 11) is 1.84. The summed E-state index contributed by atoms with van der Waals surface area (Å²) in [4.78, 5) is 17.8. The van der Waals surface area contributed by atoms with Crippen molar-refractivity contribution in [1.82, 2.24) is 14.5 Å². The maximum atomic E-state index is 12.3. The van der Waals surface area contributed by atoms with Gasteiger partial charge in [-0.3, -0.25) is 4.57 Å². The van der Waals surface area contributed by atoms with Gasteiger partial charge in [-0.15, -0.1) is 0 Å². The van der Waals surface area contributed by atoms with Crippen LogP contribution in [0.3, 0.4) is 0 Å². The van der Waals surface area contributed by atoms with Gasteiger partial charge in [0.2, 0.25) is 0 Å². The molecule has 0 atom stereocenters. The zero-order chi connectivity index (χ0) is 15.9. The van der Waals surface area contributed by atoms with Crippen molar-refractivity contribution < 1.29 is 4.74 Å². The fourth-order valence-electron chi connectivity index (χ4n) is 4.18. The molecule has 0 amide bonds. The van der Waals surface area contributed by atoms with Crippen LogP contribution in [0.2, 0.25) is 0 Å². The van der Waals surface area contributed by atoms with Crippen LogP contribution in [0.4, 0.5) is 0 Å². The number of methoxy groups -OCH3 is 1. The minimum atomic E-state index is 0.0250. The van der Waals surface area contributed by atoms with E-state index in [9.17, 15) is 4.79 Å². The van der Waals surface area contributed by atoms with Gasteiger partial charge in [0.05, 0.1) is 16.6 Å². The minimum absolute atomic E-state index is 0.0250. The molecule has 1 aromatic heterocycles. The van der Waals surface area contributed by atoms with Crippen LogP contribution in [0.5, 0.6) is 0 Å². The zero-order valence-electron chi connectivity index (χ0n) is 13.8. The number of aromatic nitrogens is 2. The molecule has 2 fully saturated rings. The Morgan fingerprint density at radius 3 is 2.65 bits per heavy atom. The Labute approximate surface area is 136 Å². The number of rotatable bonds is 4. The molecule has 2 aliphatic rings. The molecule has 2 aromatic rings. The van der Waals surface area contributed by atoms with Gasteiger partial charge in [0.25, 0.3) is 0 Å². The number of benzene rings is 1. The monoisotopic (exact) mass is 315 g/mol. The maximum absolute atomic E-state index is 12.3. The Morgan fingerprint density at radius 2 is 2.00 bits per heavy atom. The normalized spacial score (nSPS) is 22.3. The van der Waals surface area contributed by atoms with Gasteiger partial charge in [-0.05, 0) is 44.2 Å². The van der Waals surface area contributed by atoms with Gasteiger partial charge < -0.3 is 14.6 Å². The fourth-order valence-corrected chi connectivity index (χ4v) is 4.18. The molecular weight excluding hydrogens is 290 g/mol. The zero-order valence-corrected chi connectivity index (χ0v) is 13.8. The number of para-hydroxylation sites is 2. The molecule has 1 saturated carbocycles. The first-order valence-corrected chi connectivity index (χ1v) is 8.68. The molecule has 1 aliphatic heterocycles. The van der Waals surface area contributed by atoms with Crippen molar-refractivity contribution in [2.45, 2.75) is 43.7 Å². The average molecular weight is 315 g/mol. The van der Waals surface area contributed by atoms with Crippen LogP contribution >= 0.6 is 0 Å². The highest BCUT2D eigenvalue weighted by molar-refractivity contribution is 5.75. The number of fused-ring (bicyclic) bond motifs is 1. The van der Waals surface area contributed by atoms with Gasteiger partial charge in [-0.2, -0.15) is 0 Å². The number of ether oxygens (including phenoxy) is 1. The fraction of sp³-hybridized carbons (Fsp3) is 0.611. The Balaban J connectivity index is 1.47. The first kappa shape index (κ1) is 15.0. The molecule has 23 heavy (non-hydrogen) atoms. The lowest BCUT2D eigenvalue weighted by atomic mass is 9.79. The predicted molar refractivity (Wildman–Crippen MR) is 90.9 cm³/mol. The largest absolute Gasteiger partial charge is 0.377 e. The van der Waals surface area contributed by atoms with Gasteiger partial charge in [0.1, 0.15) is 0 Å². The molecule has 1 aromatic carbocycles. The molecule has 0 unspecified atom stereocenters. The number of aromatic amines is 1. The van der Waals surface area contributed by atoms with Crippen LogP contribution in [-0.4, -0.2) is 46.8 Å². The van der Waals surface area contributed by atoms with Gasteiger partial charge in [0.15, 0.2) is 0 Å². The lowest BCUT2D eigenvalue weighted by molar-refractivity contribution is -0.0945. The van der Waals surface area contributed by atoms with Gasteiger partial charge in [-0.25, -0.2) is 4.79 Å². The van der Waals surface area contributed by atoms with Crippen LogP contribution in [0.1, 0.15) is 38.1 Å². The van der Waals surface area contributed by atoms with E-state index in [0.29, 0.717) is 6.04 Å². The maximum Gasteiger partial charge on any atom is 0.326 e. The second-order valence-corrected chi connectivity index (χ2v) is 7.07. The molecule has 1 N–H and O–H groups in total. The lowest BCUT2D eigenvalue weighted by Gasteiger charge is -2.45. The molecule has 124 valence electrons. The highest BCUT2D eigenvalue weighted by atomic mass is 16.5. The molecule has 1 saturated heterocycles. The van der Waals surface area contributed by atoms with E-state index in [1.54, 1.807) is 0 Å². The van der Waals surface area contributed by atoms with Crippen molar-refractivity contribution in [2.24, 2.45) is 0 Å². The number of nitrogens with zero attached hydrogens (tertiary/aromatic N) is 2. The SMILES string of the molecule is COC1(CN2CCC(n3c(=O)[nH]c4ccccc43)CC2)CCC1. The highest BCUT2D eigenvalue weighted by Crippen LogP contribution is 2.37. The number of hydrogen-bond donors (Lipinski definition) is 1. The number of likely N-dealkylation sites (tertiary alicyclic amines) is 1. The average Bonchev–Trinajstić information content (AvgIpc) is 2.87. The number of H-pyrrole nitrogens is 1. The molecule has 0 bridgehead atoms. The van der Waals surface area contributed by atoms with Crippen molar-refractivity contribution in [3.63, 3.8) is 0 Å². The van der Waals surface area contributed by atoms with E-state index in [2.05, 4.69) is 9.88 Å². The quantitative estimate of drug-likeness (QED) is 0.943. The van der Waals surface area contributed by atoms with E-state index in [-0.39, 0.29) is 11.3 Å². The minimum Gasteiger partial charge on any atom is -0.377 e. The first-order valence-electron chi connectivity index (χ1n) is 8.68. The third-order valence-corrected chi connectivity index (χ3v) is 5.76. The molecule has 0 radical (unpaired) electrons. The molecule has 5 nitrogen and oxygen atoms in total. The van der Waals surface area contributed by atoms with Crippen molar-refractivity contribution >= 4 is 11.0 Å². The number of piperidine rings is 1. The summed E-state index contributed by atoms with van der Waals surface area (Å²) in [5, 5.41) is 0. The summed E-state index contributed by atoms with van der Waals surface area (Å²) in [5.41, 5.74) is 2.10. The highest BCUT2D eigenvalue weighted by Gasteiger charge is 2.39. The molecule has 4 rings (SSSR count). The lowest BCUT2D eigenvalue weighted by Crippen LogP contribution is -2.51. The van der Waals surface area contributed by atoms with Crippen LogP contribution < -0.4 is 5.69 Å². The van der Waals surface area contributed by atoms with E-state index in [1.165, 1.54) is 19.3 Å². The molecule has 2 heterocycles. The number of nitrogens with one attached hydrogen (secondary N) is 1. The third kappa shape index (κ3) is 2.62. The summed E-state index contributed by atoms with van der Waals surface area (Å²) in [5.74, 6) is 0. The van der Waals surface area contributed by atoms with Crippen molar-refractivity contribution in [2.75, 3.05) is 26.7 Å². The summed E-state index contributed by atoms with van der Waals surface area (Å²) in [6.45, 7) is 3.13. The smallest absolute Gasteiger partial charge is 0.326 e. The van der Waals surface area contributed by atoms with Gasteiger partial charge >= 0.3 is 5.69 Å². The second-order valence-electron chi connectivity index (χ2n) is 7.07. The molecule has 0 spiro atoms. The predicted octanol–water partition coefficient (Wildman–Crippen LogP) is 2.54. The van der Waals surface area contributed by atoms with E-state index < -0.39 is 0 Å². The summed E-state index contributed by atoms with van der Waals surface area (Å²) in [6, 6.07) is 8.28. The third-order valence-electron chi connectivity index (χ3n) is 5.76. The van der Waals surface area contributed by atoms with Crippen LogP contribution in [0.25, 0.3) is 11.0 Å². The number of imidazole rings is 1. The summed E-state index contributed by atoms with van der Waals surface area (Å²) >= 11 is 0. The second kappa shape index (κ2) is 5.80. The molecule has 1 aliphatic carbocycles. The van der Waals surface area contributed by atoms with Gasteiger partial charge in [0, 0.05) is 32.8 Å².